The highest BCUT2D eigenvalue weighted by molar-refractivity contribution is 7.92. The second-order valence-corrected chi connectivity index (χ2v) is 9.13. The van der Waals surface area contributed by atoms with Gasteiger partial charge in [0.05, 0.1) is 4.90 Å². The molecule has 1 aliphatic rings. The van der Waals surface area contributed by atoms with E-state index in [4.69, 9.17) is 0 Å². The third-order valence-electron chi connectivity index (χ3n) is 5.25. The van der Waals surface area contributed by atoms with E-state index in [1.54, 1.807) is 36.2 Å². The van der Waals surface area contributed by atoms with Crippen LogP contribution in [0.15, 0.2) is 53.4 Å². The normalized spacial score (nSPS) is 16.0. The van der Waals surface area contributed by atoms with Gasteiger partial charge in [-0.15, -0.1) is 0 Å². The van der Waals surface area contributed by atoms with Crippen LogP contribution in [0.4, 0.5) is 5.69 Å². The minimum Gasteiger partial charge on any atom is -0.339 e. The highest BCUT2D eigenvalue weighted by Gasteiger charge is 2.25. The smallest absolute Gasteiger partial charge is 0.261 e. The van der Waals surface area contributed by atoms with Gasteiger partial charge in [-0.1, -0.05) is 23.8 Å². The van der Waals surface area contributed by atoms with E-state index in [1.807, 2.05) is 19.1 Å². The van der Waals surface area contributed by atoms with Crippen molar-refractivity contribution in [2.45, 2.75) is 30.7 Å². The third kappa shape index (κ3) is 4.72. The lowest BCUT2D eigenvalue weighted by Gasteiger charge is -2.35. The molecular formula is C21H27N3O3S. The van der Waals surface area contributed by atoms with Crippen LogP contribution in [0, 0.1) is 6.92 Å². The molecule has 0 aromatic heterocycles. The number of benzene rings is 2. The van der Waals surface area contributed by atoms with E-state index in [-0.39, 0.29) is 16.8 Å². The Kier molecular flexibility index (Phi) is 6.05. The van der Waals surface area contributed by atoms with Gasteiger partial charge in [-0.2, -0.15) is 0 Å². The summed E-state index contributed by atoms with van der Waals surface area (Å²) in [5.74, 6) is -0.151. The van der Waals surface area contributed by atoms with Crippen LogP contribution in [0.25, 0.3) is 0 Å². The Morgan fingerprint density at radius 1 is 1.11 bits per heavy atom. The Hall–Kier alpha value is -2.38. The Bertz CT molecular complexity index is 934. The van der Waals surface area contributed by atoms with E-state index in [0.717, 1.165) is 31.5 Å². The molecule has 1 amide bonds. The largest absolute Gasteiger partial charge is 0.339 e. The van der Waals surface area contributed by atoms with Gasteiger partial charge in [0.25, 0.3) is 15.9 Å². The molecule has 0 spiro atoms. The second-order valence-electron chi connectivity index (χ2n) is 7.45. The molecule has 6 nitrogen and oxygen atoms in total. The van der Waals surface area contributed by atoms with Crippen LogP contribution in [0.3, 0.4) is 0 Å². The highest BCUT2D eigenvalue weighted by Crippen LogP contribution is 2.20. The minimum atomic E-state index is -3.77. The molecule has 0 radical (unpaired) electrons. The molecule has 0 saturated carbocycles. The number of hydrogen-bond donors (Lipinski definition) is 1. The summed E-state index contributed by atoms with van der Waals surface area (Å²) in [5.41, 5.74) is 1.92. The fourth-order valence-electron chi connectivity index (χ4n) is 3.38. The second kappa shape index (κ2) is 8.32. The number of anilines is 1. The summed E-state index contributed by atoms with van der Waals surface area (Å²) in [6.45, 7) is 3.85. The molecule has 28 heavy (non-hydrogen) atoms. The SMILES string of the molecule is Cc1ccc(NS(=O)(=O)c2cccc(C(=O)N(C)C3CCN(C)CC3)c2)cc1. The van der Waals surface area contributed by atoms with E-state index >= 15 is 0 Å². The molecule has 0 atom stereocenters. The highest BCUT2D eigenvalue weighted by atomic mass is 32.2. The van der Waals surface area contributed by atoms with Crippen molar-refractivity contribution in [3.63, 3.8) is 0 Å². The molecule has 2 aromatic carbocycles. The first kappa shape index (κ1) is 20.4. The average molecular weight is 402 g/mol. The topological polar surface area (TPSA) is 69.7 Å². The van der Waals surface area contributed by atoms with E-state index < -0.39 is 10.0 Å². The van der Waals surface area contributed by atoms with Crippen molar-refractivity contribution in [2.75, 3.05) is 31.9 Å². The van der Waals surface area contributed by atoms with Gasteiger partial charge in [-0.05, 0) is 70.2 Å². The number of likely N-dealkylation sites (tertiary alicyclic amines) is 1. The van der Waals surface area contributed by atoms with Crippen LogP contribution >= 0.6 is 0 Å². The number of carbonyl (C=O) groups excluding carboxylic acids is 1. The fourth-order valence-corrected chi connectivity index (χ4v) is 4.49. The summed E-state index contributed by atoms with van der Waals surface area (Å²) in [5, 5.41) is 0. The third-order valence-corrected chi connectivity index (χ3v) is 6.63. The molecule has 2 aromatic rings. The van der Waals surface area contributed by atoms with Crippen LogP contribution < -0.4 is 4.72 Å². The van der Waals surface area contributed by atoms with Crippen molar-refractivity contribution in [1.82, 2.24) is 9.80 Å². The first-order valence-corrected chi connectivity index (χ1v) is 10.9. The van der Waals surface area contributed by atoms with Crippen molar-refractivity contribution < 1.29 is 13.2 Å². The van der Waals surface area contributed by atoms with E-state index in [0.29, 0.717) is 11.3 Å². The van der Waals surface area contributed by atoms with Crippen molar-refractivity contribution >= 4 is 21.6 Å². The van der Waals surface area contributed by atoms with Crippen LogP contribution in [0.1, 0.15) is 28.8 Å². The molecule has 0 unspecified atom stereocenters. The van der Waals surface area contributed by atoms with E-state index in [1.165, 1.54) is 12.1 Å². The number of carbonyl (C=O) groups is 1. The van der Waals surface area contributed by atoms with Gasteiger partial charge in [-0.3, -0.25) is 9.52 Å². The van der Waals surface area contributed by atoms with Gasteiger partial charge >= 0.3 is 0 Å². The fraction of sp³-hybridized carbons (Fsp3) is 0.381. The Morgan fingerprint density at radius 2 is 1.75 bits per heavy atom. The standard InChI is InChI=1S/C21H27N3O3S/c1-16-7-9-18(10-8-16)22-28(26,27)20-6-4-5-17(15-20)21(25)24(3)19-11-13-23(2)14-12-19/h4-10,15,19,22H,11-14H2,1-3H3. The lowest BCUT2D eigenvalue weighted by molar-refractivity contribution is 0.0659. The van der Waals surface area contributed by atoms with Crippen LogP contribution in [0.2, 0.25) is 0 Å². The zero-order valence-electron chi connectivity index (χ0n) is 16.6. The maximum atomic E-state index is 12.9. The summed E-state index contributed by atoms with van der Waals surface area (Å²) < 4.78 is 28.0. The molecule has 3 rings (SSSR count). The molecule has 1 aliphatic heterocycles. The number of amides is 1. The number of hydrogen-bond acceptors (Lipinski definition) is 4. The van der Waals surface area contributed by atoms with Crippen molar-refractivity contribution in [2.24, 2.45) is 0 Å². The Labute approximate surface area is 167 Å². The Balaban J connectivity index is 1.77. The van der Waals surface area contributed by atoms with Gasteiger partial charge in [-0.25, -0.2) is 8.42 Å². The molecule has 1 fully saturated rings. The van der Waals surface area contributed by atoms with Gasteiger partial charge in [0.15, 0.2) is 0 Å². The van der Waals surface area contributed by atoms with Crippen LogP contribution in [0.5, 0.6) is 0 Å². The van der Waals surface area contributed by atoms with Crippen LogP contribution in [-0.4, -0.2) is 57.4 Å². The molecule has 0 bridgehead atoms. The van der Waals surface area contributed by atoms with E-state index in [9.17, 15) is 13.2 Å². The monoisotopic (exact) mass is 401 g/mol. The zero-order valence-corrected chi connectivity index (χ0v) is 17.4. The number of nitrogens with zero attached hydrogens (tertiary/aromatic N) is 2. The maximum Gasteiger partial charge on any atom is 0.261 e. The predicted molar refractivity (Wildman–Crippen MR) is 111 cm³/mol. The number of nitrogens with one attached hydrogen (secondary N) is 1. The summed E-state index contributed by atoms with van der Waals surface area (Å²) >= 11 is 0. The summed E-state index contributed by atoms with van der Waals surface area (Å²) in [4.78, 5) is 17.0. The minimum absolute atomic E-state index is 0.0794. The average Bonchev–Trinajstić information content (AvgIpc) is 2.69. The molecule has 150 valence electrons. The lowest BCUT2D eigenvalue weighted by atomic mass is 10.0. The quantitative estimate of drug-likeness (QED) is 0.836. The van der Waals surface area contributed by atoms with Gasteiger partial charge in [0.1, 0.15) is 0 Å². The lowest BCUT2D eigenvalue weighted by Crippen LogP contribution is -2.44. The first-order chi connectivity index (χ1) is 13.3. The maximum absolute atomic E-state index is 12.9. The predicted octanol–water partition coefficient (Wildman–Crippen LogP) is 2.96. The number of piperidine rings is 1. The van der Waals surface area contributed by atoms with Crippen LogP contribution in [-0.2, 0) is 10.0 Å². The number of aryl methyl sites for hydroxylation is 1. The van der Waals surface area contributed by atoms with E-state index in [2.05, 4.69) is 16.7 Å². The molecule has 7 heteroatoms. The van der Waals surface area contributed by atoms with Gasteiger partial charge < -0.3 is 9.80 Å². The molecular weight excluding hydrogens is 374 g/mol. The molecule has 1 saturated heterocycles. The number of sulfonamides is 1. The van der Waals surface area contributed by atoms with Crippen molar-refractivity contribution in [3.05, 3.63) is 59.7 Å². The summed E-state index contributed by atoms with van der Waals surface area (Å²) in [6.07, 6.45) is 1.84. The molecule has 1 N–H and O–H groups in total. The first-order valence-electron chi connectivity index (χ1n) is 9.41. The van der Waals surface area contributed by atoms with Crippen molar-refractivity contribution in [1.29, 1.82) is 0 Å². The number of rotatable bonds is 5. The summed E-state index contributed by atoms with van der Waals surface area (Å²) in [7, 11) is 0.105. The summed E-state index contributed by atoms with van der Waals surface area (Å²) in [6, 6.07) is 13.5. The van der Waals surface area contributed by atoms with Gasteiger partial charge in [0.2, 0.25) is 0 Å². The molecule has 1 heterocycles. The molecule has 0 aliphatic carbocycles. The zero-order chi connectivity index (χ0) is 20.3. The van der Waals surface area contributed by atoms with Crippen molar-refractivity contribution in [3.8, 4) is 0 Å². The van der Waals surface area contributed by atoms with Gasteiger partial charge in [0, 0.05) is 24.3 Å². The Morgan fingerprint density at radius 3 is 2.39 bits per heavy atom.